The lowest BCUT2D eigenvalue weighted by Gasteiger charge is -2.44. The number of hydrogen-bond acceptors (Lipinski definition) is 31. The maximum Gasteiger partial charge on any atom is 0.224 e. The van der Waals surface area contributed by atoms with Crippen LogP contribution >= 0.6 is 0 Å². The van der Waals surface area contributed by atoms with Gasteiger partial charge in [-0.25, -0.2) is 0 Å². The van der Waals surface area contributed by atoms with E-state index >= 15 is 0 Å². The van der Waals surface area contributed by atoms with Crippen LogP contribution in [-0.4, -0.2) is 326 Å². The number of rotatable bonds is 21. The molecule has 0 aromatic heterocycles. The fourth-order valence-electron chi connectivity index (χ4n) is 8.67. The van der Waals surface area contributed by atoms with Crippen LogP contribution in [0.5, 0.6) is 0 Å². The van der Waals surface area contributed by atoms with Gasteiger partial charge in [-0.3, -0.25) is 0 Å². The van der Waals surface area contributed by atoms with Crippen molar-refractivity contribution in [1.29, 1.82) is 0 Å². The minimum Gasteiger partial charge on any atom is -0.394 e. The van der Waals surface area contributed by atoms with Crippen molar-refractivity contribution in [3.63, 3.8) is 0 Å². The van der Waals surface area contributed by atoms with E-state index < -0.39 is 224 Å². The predicted octanol–water partition coefficient (Wildman–Crippen LogP) is -14.1. The Hall–Kier alpha value is -1.24. The molecule has 6 fully saturated rings. The summed E-state index contributed by atoms with van der Waals surface area (Å²) in [7, 11) is 0. The van der Waals surface area contributed by atoms with Gasteiger partial charge in [0.05, 0.1) is 39.6 Å². The lowest BCUT2D eigenvalue weighted by molar-refractivity contribution is -0.401. The molecular formula is C36H62O31. The topological polar surface area (TPSA) is 506 Å². The highest BCUT2D eigenvalue weighted by atomic mass is 16.8. The average Bonchev–Trinajstić information content (AvgIpc) is 4.00. The zero-order valence-corrected chi connectivity index (χ0v) is 35.3. The van der Waals surface area contributed by atoms with Gasteiger partial charge in [0.2, 0.25) is 28.9 Å². The molecule has 392 valence electrons. The van der Waals surface area contributed by atoms with Crippen molar-refractivity contribution in [2.75, 3.05) is 72.7 Å². The lowest BCUT2D eigenvalue weighted by Crippen LogP contribution is -2.63. The van der Waals surface area contributed by atoms with Crippen molar-refractivity contribution < 1.29 is 154 Å². The summed E-state index contributed by atoms with van der Waals surface area (Å²) in [5, 5.41) is 209. The molecule has 6 rings (SSSR count). The molecule has 25 atom stereocenters. The van der Waals surface area contributed by atoms with E-state index in [1.54, 1.807) is 0 Å². The smallest absolute Gasteiger partial charge is 0.224 e. The summed E-state index contributed by atoms with van der Waals surface area (Å²) in [6.07, 6.45) is -38.3. The molecule has 0 saturated carbocycles. The van der Waals surface area contributed by atoms with Gasteiger partial charge < -0.3 is 154 Å². The van der Waals surface area contributed by atoms with Gasteiger partial charge in [0.25, 0.3) is 0 Å². The van der Waals surface area contributed by atoms with Crippen molar-refractivity contribution in [3.05, 3.63) is 0 Å². The molecule has 20 N–H and O–H groups in total. The van der Waals surface area contributed by atoms with E-state index in [1.165, 1.54) is 0 Å². The molecule has 67 heavy (non-hydrogen) atoms. The Morgan fingerprint density at radius 2 is 0.612 bits per heavy atom. The lowest BCUT2D eigenvalue weighted by atomic mass is 9.99. The van der Waals surface area contributed by atoms with Crippen LogP contribution in [0.1, 0.15) is 0 Å². The Balaban J connectivity index is 1.15. The second-order valence-corrected chi connectivity index (χ2v) is 17.1. The van der Waals surface area contributed by atoms with Gasteiger partial charge >= 0.3 is 0 Å². The van der Waals surface area contributed by atoms with E-state index in [0.29, 0.717) is 0 Å². The molecule has 31 heteroatoms. The van der Waals surface area contributed by atoms with E-state index in [-0.39, 0.29) is 0 Å². The fraction of sp³-hybridized carbons (Fsp3) is 1.00. The highest BCUT2D eigenvalue weighted by Crippen LogP contribution is 2.43. The first-order chi connectivity index (χ1) is 31.6. The molecule has 0 aliphatic carbocycles. The highest BCUT2D eigenvalue weighted by Gasteiger charge is 2.65. The summed E-state index contributed by atoms with van der Waals surface area (Å²) in [5.41, 5.74) is 0. The highest BCUT2D eigenvalue weighted by molar-refractivity contribution is 5.04. The molecule has 6 aliphatic heterocycles. The van der Waals surface area contributed by atoms with Crippen molar-refractivity contribution in [1.82, 2.24) is 0 Å². The fourth-order valence-corrected chi connectivity index (χ4v) is 8.67. The summed E-state index contributed by atoms with van der Waals surface area (Å²) in [6.45, 7) is -11.4. The second kappa shape index (κ2) is 21.5. The summed E-state index contributed by atoms with van der Waals surface area (Å²) >= 11 is 0. The molecule has 6 heterocycles. The zero-order chi connectivity index (χ0) is 49.6. The van der Waals surface area contributed by atoms with E-state index in [9.17, 15) is 102 Å². The van der Waals surface area contributed by atoms with E-state index in [0.717, 1.165) is 0 Å². The van der Waals surface area contributed by atoms with Gasteiger partial charge in [0.15, 0.2) is 6.29 Å². The van der Waals surface area contributed by atoms with Crippen LogP contribution in [-0.2, 0) is 52.1 Å². The summed E-state index contributed by atoms with van der Waals surface area (Å²) in [6, 6.07) is 0. The quantitative estimate of drug-likeness (QED) is 0.0508. The third-order valence-corrected chi connectivity index (χ3v) is 12.9. The first kappa shape index (κ1) is 55.1. The van der Waals surface area contributed by atoms with Crippen molar-refractivity contribution in [2.24, 2.45) is 0 Å². The number of aliphatic hydroxyl groups excluding tert-OH is 20. The number of aliphatic hydroxyl groups is 20. The Morgan fingerprint density at radius 3 is 0.940 bits per heavy atom. The maximum absolute atomic E-state index is 11.5. The molecule has 0 spiro atoms. The predicted molar refractivity (Wildman–Crippen MR) is 199 cm³/mol. The van der Waals surface area contributed by atoms with Gasteiger partial charge in [-0.2, -0.15) is 0 Å². The summed E-state index contributed by atoms with van der Waals surface area (Å²) < 4.78 is 61.2. The normalized spacial score (nSPS) is 52.5. The standard InChI is InChI=1S/C36H62O31/c37-1-12-18(44)24(50)25(51)31(61-12)67-36(11-60-35(10-43)27(53)20(46)14(3-39)63-35)30(56)23(49)17(66-36)6-59-34(9-42)29(55)22(48)16(65-34)5-58-33(8-41)28(54)21(47)15(64-33)4-57-32(7-40)26(52)19(45)13(2-38)62-32/h12-31,37-56H,1-11H2/t12-,13-,14-,15-,16-,17-,18-,19-,20-,21-,22-,23-,24+,25-,26+,27+,28+,29+,30+,31-,32-,33-,34-,35-,36+/m1/s1. The van der Waals surface area contributed by atoms with E-state index in [2.05, 4.69) is 0 Å². The van der Waals surface area contributed by atoms with Gasteiger partial charge in [-0.05, 0) is 0 Å². The molecule has 0 bridgehead atoms. The van der Waals surface area contributed by atoms with Crippen molar-refractivity contribution in [3.8, 4) is 0 Å². The molecule has 6 saturated heterocycles. The summed E-state index contributed by atoms with van der Waals surface area (Å²) in [4.78, 5) is 0. The summed E-state index contributed by atoms with van der Waals surface area (Å²) in [5.74, 6) is -12.9. The van der Waals surface area contributed by atoms with Crippen molar-refractivity contribution in [2.45, 2.75) is 151 Å². The molecule has 0 aromatic rings. The minimum absolute atomic E-state index is 0.784. The number of hydrogen-bond donors (Lipinski definition) is 20. The van der Waals surface area contributed by atoms with Crippen molar-refractivity contribution >= 4 is 0 Å². The Morgan fingerprint density at radius 1 is 0.313 bits per heavy atom. The van der Waals surface area contributed by atoms with E-state index in [4.69, 9.17) is 52.1 Å². The third kappa shape index (κ3) is 9.75. The van der Waals surface area contributed by atoms with E-state index in [1.807, 2.05) is 0 Å². The molecule has 31 nitrogen and oxygen atoms in total. The minimum atomic E-state index is -2.86. The molecule has 6 aliphatic rings. The van der Waals surface area contributed by atoms with Crippen LogP contribution in [0.4, 0.5) is 0 Å². The van der Waals surface area contributed by atoms with Gasteiger partial charge in [0.1, 0.15) is 149 Å². The van der Waals surface area contributed by atoms with Crippen LogP contribution in [0.3, 0.4) is 0 Å². The molecule has 0 radical (unpaired) electrons. The first-order valence-electron chi connectivity index (χ1n) is 21.0. The monoisotopic (exact) mass is 990 g/mol. The van der Waals surface area contributed by atoms with Gasteiger partial charge in [-0.15, -0.1) is 0 Å². The zero-order valence-electron chi connectivity index (χ0n) is 35.3. The Kier molecular flexibility index (Phi) is 17.6. The average molecular weight is 991 g/mol. The molecular weight excluding hydrogens is 928 g/mol. The van der Waals surface area contributed by atoms with Gasteiger partial charge in [-0.1, -0.05) is 0 Å². The van der Waals surface area contributed by atoms with Crippen LogP contribution in [0.25, 0.3) is 0 Å². The third-order valence-electron chi connectivity index (χ3n) is 12.9. The van der Waals surface area contributed by atoms with Crippen LogP contribution in [0.2, 0.25) is 0 Å². The first-order valence-corrected chi connectivity index (χ1v) is 21.0. The Labute approximate surface area is 378 Å². The van der Waals surface area contributed by atoms with Crippen LogP contribution < -0.4 is 0 Å². The molecule has 0 aromatic carbocycles. The SMILES string of the molecule is OC[C@H]1O[C@@](CO)(OC[C@H]2O[C@@](CO)(OC[C@H]3O[C@@](CO)(OC[C@H]4O[C@@](CO[C@]5(CO)O[C@H](CO)[C@@H](O)[C@@H]5O)(O[C@H]5O[C@H](CO)[C@@H](O)[C@H](O)[C@H]5O)[C@@H](O)[C@@H]4O)[C@@H](O)[C@@H]3O)[C@@H](O)[C@@H]2O)[C@@H](O)[C@@H]1O. The van der Waals surface area contributed by atoms with Gasteiger partial charge in [0, 0.05) is 0 Å². The van der Waals surface area contributed by atoms with Crippen LogP contribution in [0.15, 0.2) is 0 Å². The Bertz CT molecular complexity index is 1590. The number of ether oxygens (including phenoxy) is 11. The molecule has 0 amide bonds. The van der Waals surface area contributed by atoms with Crippen LogP contribution in [0, 0.1) is 0 Å². The second-order valence-electron chi connectivity index (χ2n) is 17.1. The molecule has 0 unspecified atom stereocenters. The maximum atomic E-state index is 11.5. The largest absolute Gasteiger partial charge is 0.394 e.